The van der Waals surface area contributed by atoms with Gasteiger partial charge in [0.15, 0.2) is 5.69 Å². The van der Waals surface area contributed by atoms with Crippen molar-refractivity contribution in [3.8, 4) is 17.4 Å². The molecule has 0 saturated heterocycles. The number of halogens is 5. The van der Waals surface area contributed by atoms with Gasteiger partial charge >= 0.3 is 0 Å². The maximum absolute atomic E-state index is 13.2. The number of aromatic nitrogens is 8. The van der Waals surface area contributed by atoms with Crippen LogP contribution in [0.4, 0.5) is 20.2 Å². The van der Waals surface area contributed by atoms with Gasteiger partial charge < -0.3 is 9.80 Å². The summed E-state index contributed by atoms with van der Waals surface area (Å²) in [4.78, 5) is 29.3. The molecule has 0 fully saturated rings. The summed E-state index contributed by atoms with van der Waals surface area (Å²) >= 11 is 14.3. The first kappa shape index (κ1) is 38.2. The molecule has 2 aliphatic heterocycles. The zero-order valence-electron chi connectivity index (χ0n) is 29.6. The number of carbonyl (C=O) groups excluding carboxylic acids is 2. The van der Waals surface area contributed by atoms with E-state index in [0.29, 0.717) is 27.5 Å². The van der Waals surface area contributed by atoms with E-state index in [1.165, 1.54) is 28.9 Å². The average Bonchev–Trinajstić information content (AvgIpc) is 3.95. The largest absolute Gasteiger partial charge is 0.308 e. The van der Waals surface area contributed by atoms with E-state index in [1.807, 2.05) is 13.0 Å². The molecule has 0 atom stereocenters. The molecule has 6 aromatic rings. The number of carbonyl (C=O) groups is 2. The van der Waals surface area contributed by atoms with Crippen molar-refractivity contribution >= 4 is 69.0 Å². The zero-order chi connectivity index (χ0) is 39.0. The Kier molecular flexibility index (Phi) is 11.1. The molecule has 13 nitrogen and oxygen atoms in total. The number of fused-ring (bicyclic) bond motifs is 2. The lowest BCUT2D eigenvalue weighted by Crippen LogP contribution is -2.38. The minimum Gasteiger partial charge on any atom is -0.308 e. The van der Waals surface area contributed by atoms with Crippen LogP contribution in [0.3, 0.4) is 0 Å². The third kappa shape index (κ3) is 7.60. The predicted molar refractivity (Wildman–Crippen MR) is 210 cm³/mol. The first-order valence-corrected chi connectivity index (χ1v) is 19.1. The summed E-state index contributed by atoms with van der Waals surface area (Å²) in [5.74, 6) is -0.828. The number of anilines is 2. The smallest absolute Gasteiger partial charge is 0.248 e. The molecule has 0 aliphatic carbocycles. The molecule has 0 bridgehead atoms. The van der Waals surface area contributed by atoms with Crippen LogP contribution in [0.1, 0.15) is 41.3 Å². The fourth-order valence-electron chi connectivity index (χ4n) is 6.64. The maximum Gasteiger partial charge on any atom is 0.248 e. The second-order valence-electron chi connectivity index (χ2n) is 12.9. The third-order valence-corrected chi connectivity index (χ3v) is 11.5. The molecule has 55 heavy (non-hydrogen) atoms. The van der Waals surface area contributed by atoms with E-state index in [2.05, 4.69) is 43.0 Å². The fraction of sp³-hybridized carbons (Fsp3) is 0.270. The summed E-state index contributed by atoms with van der Waals surface area (Å²) in [5.41, 5.74) is 6.35. The summed E-state index contributed by atoms with van der Waals surface area (Å²) < 4.78 is 33.7. The van der Waals surface area contributed by atoms with Gasteiger partial charge in [0.1, 0.15) is 34.5 Å². The topological polar surface area (TPSA) is 136 Å². The van der Waals surface area contributed by atoms with Crippen LogP contribution in [0.25, 0.3) is 11.4 Å². The minimum absolute atomic E-state index is 0.0194. The third-order valence-electron chi connectivity index (χ3n) is 9.51. The Bertz CT molecular complexity index is 2450. The number of benzene rings is 2. The number of rotatable bonds is 6. The van der Waals surface area contributed by atoms with E-state index in [4.69, 9.17) is 28.5 Å². The van der Waals surface area contributed by atoms with Gasteiger partial charge in [-0.05, 0) is 111 Å². The second-order valence-corrected chi connectivity index (χ2v) is 14.7. The van der Waals surface area contributed by atoms with Gasteiger partial charge in [-0.25, -0.2) is 18.1 Å². The molecule has 2 amide bonds. The standard InChI is InChI=1S/C19H16ClFN6O.C18H16ClFIN5O/c1-12-19(20)15(9-22)24-26(12)11-18(28)25-8-2-3-16-17(25)10-23-27(16)14-6-4-13(21)5-7-14;1-11-17(19)18(21)23-25(11)10-16(27)24-8-2-3-14-15(24)9-22-26(14)13-6-4-12(20)5-7-13/h4-7,10H,2-3,8,11H2,1H3;4-7,9H,2-3,8,10H2,1H3. The summed E-state index contributed by atoms with van der Waals surface area (Å²) in [6.07, 6.45) is 6.54. The number of amides is 2. The van der Waals surface area contributed by atoms with Gasteiger partial charge in [-0.1, -0.05) is 23.2 Å². The molecular formula is C37H32Cl2F2IN11O2. The van der Waals surface area contributed by atoms with Gasteiger partial charge in [-0.15, -0.1) is 0 Å². The molecule has 0 radical (unpaired) electrons. The fourth-order valence-corrected chi connectivity index (χ4v) is 7.61. The molecule has 4 aromatic heterocycles. The van der Waals surface area contributed by atoms with E-state index in [9.17, 15) is 18.4 Å². The molecule has 282 valence electrons. The van der Waals surface area contributed by atoms with Crippen LogP contribution in [0.2, 0.25) is 10.0 Å². The van der Waals surface area contributed by atoms with Crippen LogP contribution in [0.5, 0.6) is 0 Å². The van der Waals surface area contributed by atoms with Crippen molar-refractivity contribution in [3.63, 3.8) is 0 Å². The quantitative estimate of drug-likeness (QED) is 0.168. The van der Waals surface area contributed by atoms with E-state index < -0.39 is 0 Å². The summed E-state index contributed by atoms with van der Waals surface area (Å²) in [6.45, 7) is 4.87. The van der Waals surface area contributed by atoms with Crippen molar-refractivity contribution < 1.29 is 18.4 Å². The second kappa shape index (κ2) is 15.9. The van der Waals surface area contributed by atoms with E-state index in [0.717, 1.165) is 65.5 Å². The number of hydrogen-bond donors (Lipinski definition) is 0. The highest BCUT2D eigenvalue weighted by molar-refractivity contribution is 14.1. The number of hydrogen-bond acceptors (Lipinski definition) is 7. The highest BCUT2D eigenvalue weighted by Crippen LogP contribution is 2.31. The summed E-state index contributed by atoms with van der Waals surface area (Å²) in [5, 5.41) is 27.2. The maximum atomic E-state index is 13.2. The summed E-state index contributed by atoms with van der Waals surface area (Å²) in [6, 6.07) is 14.2. The lowest BCUT2D eigenvalue weighted by Gasteiger charge is -2.27. The highest BCUT2D eigenvalue weighted by atomic mass is 127. The molecule has 2 aromatic carbocycles. The van der Waals surface area contributed by atoms with Gasteiger partial charge in [-0.3, -0.25) is 19.0 Å². The van der Waals surface area contributed by atoms with Crippen LogP contribution in [-0.4, -0.2) is 64.0 Å². The van der Waals surface area contributed by atoms with Crippen LogP contribution in [0, 0.1) is 40.5 Å². The van der Waals surface area contributed by atoms with Gasteiger partial charge in [0.05, 0.1) is 68.0 Å². The molecule has 18 heteroatoms. The lowest BCUT2D eigenvalue weighted by molar-refractivity contribution is -0.120. The van der Waals surface area contributed by atoms with Crippen LogP contribution < -0.4 is 9.80 Å². The van der Waals surface area contributed by atoms with Crippen molar-refractivity contribution in [2.75, 3.05) is 22.9 Å². The van der Waals surface area contributed by atoms with E-state index in [1.54, 1.807) is 67.4 Å². The monoisotopic (exact) mass is 897 g/mol. The van der Waals surface area contributed by atoms with Gasteiger partial charge in [0.2, 0.25) is 11.8 Å². The molecule has 0 N–H and O–H groups in total. The van der Waals surface area contributed by atoms with Crippen molar-refractivity contribution in [1.29, 1.82) is 5.26 Å². The summed E-state index contributed by atoms with van der Waals surface area (Å²) in [7, 11) is 0. The Balaban J connectivity index is 0.000000169. The molecular weight excluding hydrogens is 866 g/mol. The molecule has 0 unspecified atom stereocenters. The van der Waals surface area contributed by atoms with Crippen molar-refractivity contribution in [1.82, 2.24) is 39.1 Å². The van der Waals surface area contributed by atoms with Gasteiger partial charge in [0.25, 0.3) is 0 Å². The molecule has 2 aliphatic rings. The first-order valence-electron chi connectivity index (χ1n) is 17.2. The SMILES string of the molecule is Cc1c(Cl)c(C#N)nn1CC(=O)N1CCCc2c1cnn2-c1ccc(F)cc1.Cc1c(Cl)c(I)nn1CC(=O)N1CCCc2c1cnn2-c1ccc(F)cc1. The van der Waals surface area contributed by atoms with Crippen molar-refractivity contribution in [3.05, 3.63) is 115 Å². The Morgan fingerprint density at radius 3 is 1.58 bits per heavy atom. The number of nitrogens with zero attached hydrogens (tertiary/aromatic N) is 11. The normalized spacial score (nSPS) is 13.5. The Morgan fingerprint density at radius 2 is 1.18 bits per heavy atom. The van der Waals surface area contributed by atoms with Crippen molar-refractivity contribution in [2.24, 2.45) is 0 Å². The molecule has 6 heterocycles. The van der Waals surface area contributed by atoms with Gasteiger partial charge in [-0.2, -0.15) is 25.7 Å². The highest BCUT2D eigenvalue weighted by Gasteiger charge is 2.29. The minimum atomic E-state index is -0.313. The zero-order valence-corrected chi connectivity index (χ0v) is 33.2. The van der Waals surface area contributed by atoms with Gasteiger partial charge in [0, 0.05) is 13.1 Å². The molecule has 0 saturated carbocycles. The average molecular weight is 899 g/mol. The molecule has 8 rings (SSSR count). The van der Waals surface area contributed by atoms with Crippen LogP contribution in [0.15, 0.2) is 60.9 Å². The van der Waals surface area contributed by atoms with Crippen molar-refractivity contribution in [2.45, 2.75) is 52.6 Å². The Labute approximate surface area is 337 Å². The van der Waals surface area contributed by atoms with Crippen LogP contribution in [-0.2, 0) is 35.5 Å². The lowest BCUT2D eigenvalue weighted by atomic mass is 10.1. The number of nitriles is 1. The first-order chi connectivity index (χ1) is 26.4. The van der Waals surface area contributed by atoms with E-state index >= 15 is 0 Å². The Hall–Kier alpha value is -5.12. The van der Waals surface area contributed by atoms with Crippen LogP contribution >= 0.6 is 45.8 Å². The predicted octanol–water partition coefficient (Wildman–Crippen LogP) is 6.77. The molecule has 0 spiro atoms. The van der Waals surface area contributed by atoms with E-state index in [-0.39, 0.29) is 47.3 Å². The Morgan fingerprint density at radius 1 is 0.745 bits per heavy atom.